The number of rotatable bonds is 14. The zero-order valence-corrected chi connectivity index (χ0v) is 33.0. The Bertz CT molecular complexity index is 1140. The average molecular weight is 724 g/mol. The van der Waals surface area contributed by atoms with Gasteiger partial charge in [0.1, 0.15) is 12.1 Å². The molecule has 294 valence electrons. The van der Waals surface area contributed by atoms with Crippen molar-refractivity contribution in [3.63, 3.8) is 0 Å². The molecule has 0 saturated carbocycles. The quantitative estimate of drug-likeness (QED) is 0.210. The number of carboxylic acids is 1. The van der Waals surface area contributed by atoms with E-state index < -0.39 is 54.3 Å². The molecule has 0 radical (unpaired) electrons. The smallest absolute Gasteiger partial charge is 0.306 e. The minimum Gasteiger partial charge on any atom is -0.481 e. The highest BCUT2D eigenvalue weighted by molar-refractivity contribution is 5.93. The highest BCUT2D eigenvalue weighted by atomic mass is 16.5. The van der Waals surface area contributed by atoms with Crippen LogP contribution in [0.1, 0.15) is 112 Å². The molecule has 10 atom stereocenters. The van der Waals surface area contributed by atoms with Gasteiger partial charge in [0.05, 0.1) is 42.7 Å². The zero-order valence-electron chi connectivity index (χ0n) is 33.0. The Hall–Kier alpha value is -2.77. The summed E-state index contributed by atoms with van der Waals surface area (Å²) >= 11 is 0. The molecule has 2 heterocycles. The summed E-state index contributed by atoms with van der Waals surface area (Å²) in [6, 6.07) is -2.88. The Labute approximate surface area is 306 Å². The molecule has 13 nitrogen and oxygen atoms in total. The lowest BCUT2D eigenvalue weighted by Crippen LogP contribution is -2.60. The number of carboxylic acid groups (broad SMARTS) is 1. The van der Waals surface area contributed by atoms with Crippen LogP contribution in [-0.2, 0) is 33.4 Å². The molecule has 0 aromatic rings. The van der Waals surface area contributed by atoms with Crippen LogP contribution in [0.3, 0.4) is 0 Å². The van der Waals surface area contributed by atoms with Crippen LogP contribution < -0.4 is 16.0 Å². The lowest BCUT2D eigenvalue weighted by Gasteiger charge is -2.39. The minimum absolute atomic E-state index is 0.0467. The van der Waals surface area contributed by atoms with Gasteiger partial charge in [0.15, 0.2) is 0 Å². The Morgan fingerprint density at radius 3 is 2.18 bits per heavy atom. The third-order valence-electron chi connectivity index (χ3n) is 11.4. The van der Waals surface area contributed by atoms with E-state index >= 15 is 0 Å². The van der Waals surface area contributed by atoms with Crippen molar-refractivity contribution >= 4 is 29.6 Å². The molecule has 0 bridgehead atoms. The number of aliphatic carboxylic acids is 1. The second kappa shape index (κ2) is 21.7. The van der Waals surface area contributed by atoms with Crippen LogP contribution in [0.25, 0.3) is 0 Å². The molecule has 10 unspecified atom stereocenters. The van der Waals surface area contributed by atoms with Crippen LogP contribution in [0.2, 0.25) is 0 Å². The van der Waals surface area contributed by atoms with E-state index in [9.17, 15) is 29.1 Å². The van der Waals surface area contributed by atoms with Crippen LogP contribution in [0.4, 0.5) is 0 Å². The van der Waals surface area contributed by atoms with Crippen LogP contribution >= 0.6 is 0 Å². The second-order valence-corrected chi connectivity index (χ2v) is 15.4. The van der Waals surface area contributed by atoms with Crippen molar-refractivity contribution in [3.8, 4) is 0 Å². The Kier molecular flexibility index (Phi) is 18.9. The number of carbonyl (C=O) groups excluding carboxylic acids is 4. The lowest BCUT2D eigenvalue weighted by molar-refractivity contribution is -0.150. The van der Waals surface area contributed by atoms with E-state index in [0.717, 1.165) is 38.5 Å². The van der Waals surface area contributed by atoms with E-state index in [1.165, 1.54) is 12.0 Å². The van der Waals surface area contributed by atoms with Gasteiger partial charge in [0, 0.05) is 27.8 Å². The number of carbonyl (C=O) groups is 5. The molecular formula is C38H69N5O8. The predicted molar refractivity (Wildman–Crippen MR) is 197 cm³/mol. The number of likely N-dealkylation sites (tertiary alicyclic amines) is 1. The zero-order chi connectivity index (χ0) is 38.4. The largest absolute Gasteiger partial charge is 0.481 e. The third-order valence-corrected chi connectivity index (χ3v) is 11.4. The van der Waals surface area contributed by atoms with E-state index in [1.54, 1.807) is 33.0 Å². The van der Waals surface area contributed by atoms with Crippen molar-refractivity contribution in [2.75, 3.05) is 34.9 Å². The molecule has 2 rings (SSSR count). The molecule has 51 heavy (non-hydrogen) atoms. The van der Waals surface area contributed by atoms with Crippen LogP contribution in [-0.4, -0.2) is 122 Å². The van der Waals surface area contributed by atoms with E-state index in [4.69, 9.17) is 9.47 Å². The summed E-state index contributed by atoms with van der Waals surface area (Å²) in [4.78, 5) is 70.8. The van der Waals surface area contributed by atoms with E-state index in [2.05, 4.69) is 22.9 Å². The highest BCUT2D eigenvalue weighted by Crippen LogP contribution is 2.30. The first-order valence-corrected chi connectivity index (χ1v) is 19.3. The fraction of sp³-hybridized carbons (Fsp3) is 0.868. The SMILES string of the molecule is CCC(C)C(NC(=O)C(C)C(OC)C1CCCN1C(=O)C1CCCC(C)CCCCC(NC)C(=O)NC(C(C)C)C(=O)N1C)C(CC(=O)O)OC. The first-order valence-electron chi connectivity index (χ1n) is 19.3. The Morgan fingerprint density at radius 2 is 1.61 bits per heavy atom. The predicted octanol–water partition coefficient (Wildman–Crippen LogP) is 3.59. The third kappa shape index (κ3) is 12.4. The van der Waals surface area contributed by atoms with Crippen LogP contribution in [0, 0.1) is 23.7 Å². The van der Waals surface area contributed by atoms with Gasteiger partial charge in [-0.05, 0) is 50.5 Å². The minimum atomic E-state index is -1.01. The first kappa shape index (κ1) is 44.4. The van der Waals surface area contributed by atoms with E-state index in [0.29, 0.717) is 38.1 Å². The van der Waals surface area contributed by atoms with Gasteiger partial charge in [0.25, 0.3) is 0 Å². The molecule has 2 saturated heterocycles. The summed E-state index contributed by atoms with van der Waals surface area (Å²) in [5, 5.41) is 18.6. The molecule has 2 fully saturated rings. The van der Waals surface area contributed by atoms with Gasteiger partial charge in [0.2, 0.25) is 23.6 Å². The maximum atomic E-state index is 14.6. The maximum absolute atomic E-state index is 14.6. The Balaban J connectivity index is 2.39. The number of hydrogen-bond donors (Lipinski definition) is 4. The second-order valence-electron chi connectivity index (χ2n) is 15.4. The van der Waals surface area contributed by atoms with Crippen molar-refractivity contribution < 1.29 is 38.6 Å². The summed E-state index contributed by atoms with van der Waals surface area (Å²) in [6.07, 6.45) is 6.28. The number of nitrogens with zero attached hydrogens (tertiary/aromatic N) is 2. The molecule has 4 N–H and O–H groups in total. The molecule has 2 aliphatic rings. The summed E-state index contributed by atoms with van der Waals surface area (Å²) in [6.45, 7) is 12.2. The lowest BCUT2D eigenvalue weighted by atomic mass is 9.90. The molecule has 0 aromatic heterocycles. The summed E-state index contributed by atoms with van der Waals surface area (Å²) in [5.74, 6) is -2.48. The van der Waals surface area contributed by atoms with Crippen molar-refractivity contribution in [1.82, 2.24) is 25.8 Å². The fourth-order valence-electron chi connectivity index (χ4n) is 7.80. The molecule has 2 aliphatic heterocycles. The van der Waals surface area contributed by atoms with Gasteiger partial charge in [-0.3, -0.25) is 24.0 Å². The monoisotopic (exact) mass is 724 g/mol. The number of hydrogen-bond acceptors (Lipinski definition) is 8. The van der Waals surface area contributed by atoms with Crippen molar-refractivity contribution in [2.24, 2.45) is 23.7 Å². The topological polar surface area (TPSA) is 167 Å². The van der Waals surface area contributed by atoms with Crippen LogP contribution in [0.15, 0.2) is 0 Å². The normalized spacial score (nSPS) is 27.5. The number of likely N-dealkylation sites (N-methyl/N-ethyl adjacent to an activating group) is 2. The van der Waals surface area contributed by atoms with Gasteiger partial charge < -0.3 is 40.3 Å². The molecule has 0 spiro atoms. The van der Waals surface area contributed by atoms with Gasteiger partial charge in [-0.15, -0.1) is 0 Å². The molecular weight excluding hydrogens is 654 g/mol. The van der Waals surface area contributed by atoms with Crippen molar-refractivity contribution in [2.45, 2.75) is 155 Å². The molecule has 0 aromatic carbocycles. The maximum Gasteiger partial charge on any atom is 0.306 e. The van der Waals surface area contributed by atoms with Gasteiger partial charge >= 0.3 is 5.97 Å². The number of methoxy groups -OCH3 is 2. The molecule has 13 heteroatoms. The number of amides is 4. The number of ether oxygens (including phenoxy) is 2. The van der Waals surface area contributed by atoms with Crippen molar-refractivity contribution in [1.29, 1.82) is 0 Å². The first-order chi connectivity index (χ1) is 24.1. The van der Waals surface area contributed by atoms with Crippen LogP contribution in [0.5, 0.6) is 0 Å². The fourth-order valence-corrected chi connectivity index (χ4v) is 7.80. The molecule has 0 aliphatic carbocycles. The van der Waals surface area contributed by atoms with E-state index in [-0.39, 0.29) is 41.9 Å². The van der Waals surface area contributed by atoms with Crippen molar-refractivity contribution in [3.05, 3.63) is 0 Å². The van der Waals surface area contributed by atoms with Gasteiger partial charge in [-0.1, -0.05) is 80.1 Å². The standard InChI is InChI=1S/C38H69N5O8/c1-11-25(5)33(30(50-9)22-31(44)45)41-35(46)26(6)34(51-10)28-20-15-21-43(28)37(48)29-19-14-17-24(4)16-12-13-18-27(39-7)36(47)40-32(23(2)3)38(49)42(29)8/h23-30,32-34,39H,11-22H2,1-10H3,(H,40,47)(H,41,46)(H,44,45). The van der Waals surface area contributed by atoms with Gasteiger partial charge in [-0.2, -0.15) is 0 Å². The van der Waals surface area contributed by atoms with Gasteiger partial charge in [-0.25, -0.2) is 0 Å². The summed E-state index contributed by atoms with van der Waals surface area (Å²) in [5.41, 5.74) is 0. The molecule has 4 amide bonds. The number of nitrogens with one attached hydrogen (secondary N) is 3. The summed E-state index contributed by atoms with van der Waals surface area (Å²) < 4.78 is 11.5. The highest BCUT2D eigenvalue weighted by Gasteiger charge is 2.44. The van der Waals surface area contributed by atoms with E-state index in [1.807, 2.05) is 27.7 Å². The average Bonchev–Trinajstić information content (AvgIpc) is 3.58. The Morgan fingerprint density at radius 1 is 0.961 bits per heavy atom. The summed E-state index contributed by atoms with van der Waals surface area (Å²) in [7, 11) is 6.42.